The average molecular weight is 296 g/mol. The molecule has 0 radical (unpaired) electrons. The van der Waals surface area contributed by atoms with Gasteiger partial charge in [-0.25, -0.2) is 9.59 Å². The topological polar surface area (TPSA) is 105 Å². The molecular weight excluding hydrogens is 276 g/mol. The molecule has 1 aliphatic heterocycles. The van der Waals surface area contributed by atoms with E-state index in [2.05, 4.69) is 15.7 Å². The molecule has 1 fully saturated rings. The maximum absolute atomic E-state index is 12.0. The molecule has 0 spiro atoms. The maximum atomic E-state index is 12.0. The minimum atomic E-state index is -1.27. The molecule has 0 aliphatic carbocycles. The van der Waals surface area contributed by atoms with Crippen molar-refractivity contribution >= 4 is 17.7 Å². The second kappa shape index (κ2) is 6.13. The van der Waals surface area contributed by atoms with Crippen LogP contribution in [0.1, 0.15) is 32.7 Å². The van der Waals surface area contributed by atoms with Gasteiger partial charge in [-0.1, -0.05) is 0 Å². The van der Waals surface area contributed by atoms with Gasteiger partial charge in [0.15, 0.2) is 0 Å². The van der Waals surface area contributed by atoms with Crippen LogP contribution in [0.15, 0.2) is 12.4 Å². The lowest BCUT2D eigenvalue weighted by Crippen LogP contribution is -2.58. The summed E-state index contributed by atoms with van der Waals surface area (Å²) in [5.74, 6) is -1.04. The van der Waals surface area contributed by atoms with E-state index in [1.165, 1.54) is 6.20 Å². The minimum absolute atomic E-state index is 0.185. The van der Waals surface area contributed by atoms with E-state index in [4.69, 9.17) is 4.74 Å². The summed E-state index contributed by atoms with van der Waals surface area (Å²) < 4.78 is 6.86. The lowest BCUT2D eigenvalue weighted by molar-refractivity contribution is -0.148. The van der Waals surface area contributed by atoms with Gasteiger partial charge < -0.3 is 20.5 Å². The number of carbonyl (C=O) groups excluding carboxylic acids is 1. The summed E-state index contributed by atoms with van der Waals surface area (Å²) in [4.78, 5) is 23.4. The van der Waals surface area contributed by atoms with Crippen molar-refractivity contribution in [2.45, 2.75) is 38.3 Å². The van der Waals surface area contributed by atoms with Crippen molar-refractivity contribution in [2.75, 3.05) is 18.5 Å². The molecule has 116 valence electrons. The van der Waals surface area contributed by atoms with E-state index < -0.39 is 17.5 Å². The molecule has 8 heteroatoms. The third-order valence-corrected chi connectivity index (χ3v) is 3.50. The van der Waals surface area contributed by atoms with Crippen molar-refractivity contribution in [1.29, 1.82) is 0 Å². The molecule has 21 heavy (non-hydrogen) atoms. The van der Waals surface area contributed by atoms with Crippen LogP contribution in [0.25, 0.3) is 0 Å². The smallest absolute Gasteiger partial charge is 0.329 e. The van der Waals surface area contributed by atoms with Gasteiger partial charge in [-0.3, -0.25) is 4.68 Å². The second-order valence-corrected chi connectivity index (χ2v) is 5.38. The third-order valence-electron chi connectivity index (χ3n) is 3.50. The molecule has 3 N–H and O–H groups in total. The summed E-state index contributed by atoms with van der Waals surface area (Å²) >= 11 is 0. The summed E-state index contributed by atoms with van der Waals surface area (Å²) in [6.07, 6.45) is 3.72. The fourth-order valence-corrected chi connectivity index (χ4v) is 2.18. The Bertz CT molecular complexity index is 520. The Kier molecular flexibility index (Phi) is 4.46. The number of nitrogens with zero attached hydrogens (tertiary/aromatic N) is 2. The predicted octanol–water partition coefficient (Wildman–Crippen LogP) is 1.22. The van der Waals surface area contributed by atoms with Gasteiger partial charge in [-0.15, -0.1) is 0 Å². The van der Waals surface area contributed by atoms with Crippen LogP contribution in [-0.4, -0.2) is 45.6 Å². The monoisotopic (exact) mass is 296 g/mol. The van der Waals surface area contributed by atoms with Crippen LogP contribution < -0.4 is 10.6 Å². The van der Waals surface area contributed by atoms with E-state index in [1.807, 2.05) is 13.8 Å². The summed E-state index contributed by atoms with van der Waals surface area (Å²) in [7, 11) is 0. The van der Waals surface area contributed by atoms with Crippen LogP contribution in [0.3, 0.4) is 0 Å². The van der Waals surface area contributed by atoms with Crippen molar-refractivity contribution in [3.63, 3.8) is 0 Å². The highest BCUT2D eigenvalue weighted by Crippen LogP contribution is 2.21. The number of carboxylic acids is 1. The first-order valence-electron chi connectivity index (χ1n) is 6.87. The third kappa shape index (κ3) is 3.52. The van der Waals surface area contributed by atoms with Gasteiger partial charge in [0.05, 0.1) is 11.9 Å². The van der Waals surface area contributed by atoms with Gasteiger partial charge in [0.2, 0.25) is 0 Å². The highest BCUT2D eigenvalue weighted by atomic mass is 16.5. The normalized spacial score (nSPS) is 17.5. The number of anilines is 1. The molecule has 2 rings (SSSR count). The quantitative estimate of drug-likeness (QED) is 0.774. The lowest BCUT2D eigenvalue weighted by atomic mass is 9.90. The Balaban J connectivity index is 2.00. The lowest BCUT2D eigenvalue weighted by Gasteiger charge is -2.33. The highest BCUT2D eigenvalue weighted by Gasteiger charge is 2.41. The van der Waals surface area contributed by atoms with E-state index in [9.17, 15) is 14.7 Å². The number of hydrogen-bond acceptors (Lipinski definition) is 4. The van der Waals surface area contributed by atoms with Crippen LogP contribution in [0.2, 0.25) is 0 Å². The summed E-state index contributed by atoms with van der Waals surface area (Å²) in [5.41, 5.74) is -0.745. The first-order valence-corrected chi connectivity index (χ1v) is 6.87. The molecule has 8 nitrogen and oxygen atoms in total. The number of ether oxygens (including phenoxy) is 1. The second-order valence-electron chi connectivity index (χ2n) is 5.38. The molecule has 1 saturated heterocycles. The molecule has 2 amide bonds. The first-order chi connectivity index (χ1) is 9.93. The molecule has 0 saturated carbocycles. The number of aromatic nitrogens is 2. The largest absolute Gasteiger partial charge is 0.480 e. The number of carbonyl (C=O) groups is 2. The zero-order valence-corrected chi connectivity index (χ0v) is 12.1. The maximum Gasteiger partial charge on any atom is 0.329 e. The molecule has 1 aliphatic rings. The molecule has 2 heterocycles. The Labute approximate surface area is 122 Å². The van der Waals surface area contributed by atoms with E-state index in [-0.39, 0.29) is 18.9 Å². The number of carboxylic acid groups (broad SMARTS) is 1. The van der Waals surface area contributed by atoms with Crippen molar-refractivity contribution in [3.05, 3.63) is 12.4 Å². The first kappa shape index (κ1) is 15.3. The number of amides is 2. The molecule has 0 unspecified atom stereocenters. The molecule has 1 aromatic heterocycles. The van der Waals surface area contributed by atoms with Gasteiger partial charge in [0, 0.05) is 38.3 Å². The Hall–Kier alpha value is -2.09. The van der Waals surface area contributed by atoms with Crippen LogP contribution in [0.5, 0.6) is 0 Å². The van der Waals surface area contributed by atoms with Gasteiger partial charge in [0.25, 0.3) is 0 Å². The average Bonchev–Trinajstić information content (AvgIpc) is 2.88. The SMILES string of the molecule is CC(C)n1cc(NC(=O)NC2(C(=O)O)CCOCC2)cn1. The van der Waals surface area contributed by atoms with Crippen LogP contribution in [0, 0.1) is 0 Å². The zero-order chi connectivity index (χ0) is 15.5. The number of hydrogen-bond donors (Lipinski definition) is 3. The Morgan fingerprint density at radius 1 is 1.43 bits per heavy atom. The number of urea groups is 1. The van der Waals surface area contributed by atoms with Crippen molar-refractivity contribution in [3.8, 4) is 0 Å². The molecule has 0 bridgehead atoms. The van der Waals surface area contributed by atoms with E-state index in [0.29, 0.717) is 18.9 Å². The summed E-state index contributed by atoms with van der Waals surface area (Å²) in [5, 5.41) is 18.6. The molecule has 1 aromatic rings. The van der Waals surface area contributed by atoms with E-state index in [1.54, 1.807) is 10.9 Å². The fourth-order valence-electron chi connectivity index (χ4n) is 2.18. The molecule has 0 atom stereocenters. The summed E-state index contributed by atoms with van der Waals surface area (Å²) in [6, 6.07) is -0.368. The molecular formula is C13H20N4O4. The van der Waals surface area contributed by atoms with Gasteiger partial charge in [-0.05, 0) is 13.8 Å². The van der Waals surface area contributed by atoms with Gasteiger partial charge >= 0.3 is 12.0 Å². The Morgan fingerprint density at radius 3 is 2.62 bits per heavy atom. The van der Waals surface area contributed by atoms with Crippen molar-refractivity contribution < 1.29 is 19.4 Å². The number of aliphatic carboxylic acids is 1. The van der Waals surface area contributed by atoms with Crippen LogP contribution in [0.4, 0.5) is 10.5 Å². The van der Waals surface area contributed by atoms with E-state index >= 15 is 0 Å². The van der Waals surface area contributed by atoms with Gasteiger partial charge in [-0.2, -0.15) is 5.10 Å². The molecule has 0 aromatic carbocycles. The van der Waals surface area contributed by atoms with Crippen molar-refractivity contribution in [1.82, 2.24) is 15.1 Å². The minimum Gasteiger partial charge on any atom is -0.480 e. The van der Waals surface area contributed by atoms with E-state index in [0.717, 1.165) is 0 Å². The Morgan fingerprint density at radius 2 is 2.10 bits per heavy atom. The predicted molar refractivity (Wildman–Crippen MR) is 75.2 cm³/mol. The summed E-state index contributed by atoms with van der Waals surface area (Å²) in [6.45, 7) is 4.58. The van der Waals surface area contributed by atoms with Crippen LogP contribution in [-0.2, 0) is 9.53 Å². The zero-order valence-electron chi connectivity index (χ0n) is 12.1. The van der Waals surface area contributed by atoms with Crippen molar-refractivity contribution in [2.24, 2.45) is 0 Å². The fraction of sp³-hybridized carbons (Fsp3) is 0.615. The highest BCUT2D eigenvalue weighted by molar-refractivity contribution is 5.93. The van der Waals surface area contributed by atoms with Crippen LogP contribution >= 0.6 is 0 Å². The number of rotatable bonds is 4. The standard InChI is InChI=1S/C13H20N4O4/c1-9(2)17-8-10(7-14-17)15-12(20)16-13(11(18)19)3-5-21-6-4-13/h7-9H,3-6H2,1-2H3,(H,18,19)(H2,15,16,20). The van der Waals surface area contributed by atoms with Gasteiger partial charge in [0.1, 0.15) is 5.54 Å². The number of nitrogens with one attached hydrogen (secondary N) is 2.